The maximum absolute atomic E-state index is 12.3. The number of ether oxygens (including phenoxy) is 1. The normalized spacial score (nSPS) is 10.5. The number of methoxy groups -OCH3 is 1. The Hall–Kier alpha value is -3.75. The van der Waals surface area contributed by atoms with Crippen LogP contribution in [-0.4, -0.2) is 27.7 Å². The Balaban J connectivity index is 1.88. The van der Waals surface area contributed by atoms with Crippen molar-refractivity contribution in [3.63, 3.8) is 0 Å². The minimum Gasteiger partial charge on any atom is -0.496 e. The third kappa shape index (κ3) is 3.36. The SMILES string of the molecule is COc1ccc(NC(=O)Cn2ncc(=O)c3ccccc32)c([N+](=O)[O-])c1. The van der Waals surface area contributed by atoms with Crippen molar-refractivity contribution >= 4 is 28.2 Å². The van der Waals surface area contributed by atoms with Crippen LogP contribution in [0.25, 0.3) is 10.9 Å². The van der Waals surface area contributed by atoms with Crippen LogP contribution in [0.3, 0.4) is 0 Å². The van der Waals surface area contributed by atoms with Crippen LogP contribution >= 0.6 is 0 Å². The molecule has 0 radical (unpaired) electrons. The van der Waals surface area contributed by atoms with Crippen molar-refractivity contribution in [2.75, 3.05) is 12.4 Å². The van der Waals surface area contributed by atoms with Crippen molar-refractivity contribution < 1.29 is 14.5 Å². The highest BCUT2D eigenvalue weighted by atomic mass is 16.6. The molecule has 0 saturated heterocycles. The van der Waals surface area contributed by atoms with Gasteiger partial charge in [-0.2, -0.15) is 5.10 Å². The van der Waals surface area contributed by atoms with E-state index in [0.717, 1.165) is 6.20 Å². The highest BCUT2D eigenvalue weighted by Crippen LogP contribution is 2.28. The number of hydrogen-bond donors (Lipinski definition) is 1. The van der Waals surface area contributed by atoms with Crippen molar-refractivity contribution in [2.24, 2.45) is 0 Å². The number of nitrogens with one attached hydrogen (secondary N) is 1. The Bertz CT molecular complexity index is 1060. The van der Waals surface area contributed by atoms with Gasteiger partial charge in [-0.05, 0) is 24.3 Å². The molecule has 1 amide bonds. The number of hydrogen-bond acceptors (Lipinski definition) is 6. The maximum atomic E-state index is 12.3. The van der Waals surface area contributed by atoms with Crippen LogP contribution in [0.15, 0.2) is 53.5 Å². The Morgan fingerprint density at radius 3 is 2.81 bits per heavy atom. The van der Waals surface area contributed by atoms with E-state index in [1.54, 1.807) is 24.3 Å². The fourth-order valence-corrected chi connectivity index (χ4v) is 2.51. The Kier molecular flexibility index (Phi) is 4.61. The number of benzene rings is 2. The smallest absolute Gasteiger partial charge is 0.296 e. The second-order valence-electron chi connectivity index (χ2n) is 5.37. The van der Waals surface area contributed by atoms with Crippen LogP contribution in [-0.2, 0) is 11.3 Å². The molecule has 0 spiro atoms. The minimum absolute atomic E-state index is 0.0474. The summed E-state index contributed by atoms with van der Waals surface area (Å²) in [6, 6.07) is 10.9. The maximum Gasteiger partial charge on any atom is 0.296 e. The molecule has 0 bridgehead atoms. The molecule has 1 heterocycles. The number of carbonyl (C=O) groups excluding carboxylic acids is 1. The second-order valence-corrected chi connectivity index (χ2v) is 5.37. The van der Waals surface area contributed by atoms with E-state index in [2.05, 4.69) is 10.4 Å². The third-order valence-electron chi connectivity index (χ3n) is 3.73. The van der Waals surface area contributed by atoms with Crippen molar-refractivity contribution in [3.8, 4) is 5.75 Å². The predicted octanol–water partition coefficient (Wildman–Crippen LogP) is 1.95. The first-order valence-electron chi connectivity index (χ1n) is 7.57. The fraction of sp³-hybridized carbons (Fsp3) is 0.118. The van der Waals surface area contributed by atoms with Gasteiger partial charge < -0.3 is 10.1 Å². The summed E-state index contributed by atoms with van der Waals surface area (Å²) < 4.78 is 6.32. The van der Waals surface area contributed by atoms with E-state index in [9.17, 15) is 19.7 Å². The lowest BCUT2D eigenvalue weighted by Crippen LogP contribution is -2.22. The molecule has 1 N–H and O–H groups in total. The molecule has 1 aromatic heterocycles. The molecule has 9 nitrogen and oxygen atoms in total. The summed E-state index contributed by atoms with van der Waals surface area (Å²) in [6.45, 7) is -0.204. The number of amides is 1. The van der Waals surface area contributed by atoms with Crippen molar-refractivity contribution in [2.45, 2.75) is 6.54 Å². The first kappa shape index (κ1) is 17.1. The van der Waals surface area contributed by atoms with Gasteiger partial charge >= 0.3 is 0 Å². The molecule has 0 aliphatic heterocycles. The monoisotopic (exact) mass is 354 g/mol. The second kappa shape index (κ2) is 7.01. The summed E-state index contributed by atoms with van der Waals surface area (Å²) in [5.41, 5.74) is 0.0176. The number of nitro groups is 1. The van der Waals surface area contributed by atoms with Crippen LogP contribution in [0.2, 0.25) is 0 Å². The number of fused-ring (bicyclic) bond motifs is 1. The van der Waals surface area contributed by atoms with Gasteiger partial charge in [-0.15, -0.1) is 0 Å². The van der Waals surface area contributed by atoms with Crippen LogP contribution in [0, 0.1) is 10.1 Å². The Morgan fingerprint density at radius 1 is 1.31 bits per heavy atom. The van der Waals surface area contributed by atoms with Crippen LogP contribution in [0.5, 0.6) is 5.75 Å². The van der Waals surface area contributed by atoms with Gasteiger partial charge in [0.2, 0.25) is 11.3 Å². The number of nitro benzene ring substituents is 1. The van der Waals surface area contributed by atoms with E-state index in [4.69, 9.17) is 4.74 Å². The van der Waals surface area contributed by atoms with Crippen molar-refractivity contribution in [3.05, 3.63) is 69.0 Å². The van der Waals surface area contributed by atoms with Crippen LogP contribution in [0.4, 0.5) is 11.4 Å². The number of aromatic nitrogens is 2. The number of anilines is 1. The molecule has 9 heteroatoms. The van der Waals surface area contributed by atoms with Gasteiger partial charge in [0.1, 0.15) is 18.0 Å². The van der Waals surface area contributed by atoms with E-state index >= 15 is 0 Å². The van der Waals surface area contributed by atoms with Gasteiger partial charge in [-0.1, -0.05) is 12.1 Å². The lowest BCUT2D eigenvalue weighted by molar-refractivity contribution is -0.384. The van der Waals surface area contributed by atoms with Gasteiger partial charge in [-0.25, -0.2) is 0 Å². The first-order chi connectivity index (χ1) is 12.5. The molecule has 0 unspecified atom stereocenters. The molecule has 0 atom stereocenters. The van der Waals surface area contributed by atoms with Gasteiger partial charge in [0.25, 0.3) is 5.69 Å². The van der Waals surface area contributed by atoms with Crippen LogP contribution < -0.4 is 15.5 Å². The Morgan fingerprint density at radius 2 is 2.08 bits per heavy atom. The molecule has 0 aliphatic rings. The molecular weight excluding hydrogens is 340 g/mol. The number of rotatable bonds is 5. The van der Waals surface area contributed by atoms with Gasteiger partial charge in [0, 0.05) is 5.39 Å². The zero-order valence-corrected chi connectivity index (χ0v) is 13.7. The summed E-state index contributed by atoms with van der Waals surface area (Å²) in [4.78, 5) is 34.7. The lowest BCUT2D eigenvalue weighted by atomic mass is 10.2. The number of para-hydroxylation sites is 1. The zero-order chi connectivity index (χ0) is 18.7. The first-order valence-corrected chi connectivity index (χ1v) is 7.57. The van der Waals surface area contributed by atoms with E-state index in [1.165, 1.54) is 30.0 Å². The number of carbonyl (C=O) groups is 1. The molecule has 3 rings (SSSR count). The number of nitrogens with zero attached hydrogens (tertiary/aromatic N) is 3. The van der Waals surface area contributed by atoms with E-state index in [1.807, 2.05) is 0 Å². The lowest BCUT2D eigenvalue weighted by Gasteiger charge is -2.10. The molecule has 0 aliphatic carbocycles. The van der Waals surface area contributed by atoms with Crippen LogP contribution in [0.1, 0.15) is 0 Å². The average molecular weight is 354 g/mol. The van der Waals surface area contributed by atoms with Gasteiger partial charge in [-0.3, -0.25) is 24.4 Å². The molecule has 26 heavy (non-hydrogen) atoms. The fourth-order valence-electron chi connectivity index (χ4n) is 2.51. The summed E-state index contributed by atoms with van der Waals surface area (Å²) in [6.07, 6.45) is 1.13. The Labute approximate surface area is 147 Å². The van der Waals surface area contributed by atoms with E-state index in [-0.39, 0.29) is 23.3 Å². The molecule has 2 aromatic carbocycles. The highest BCUT2D eigenvalue weighted by molar-refractivity contribution is 5.93. The topological polar surface area (TPSA) is 116 Å². The standard InChI is InChI=1S/C17H14N4O5/c1-26-11-6-7-13(15(8-11)21(24)25)19-17(23)10-20-14-5-3-2-4-12(14)16(22)9-18-20/h2-9H,10H2,1H3,(H,19,23). The summed E-state index contributed by atoms with van der Waals surface area (Å²) in [7, 11) is 1.39. The molecule has 0 saturated carbocycles. The minimum atomic E-state index is -0.606. The summed E-state index contributed by atoms with van der Waals surface area (Å²) in [5.74, 6) is -0.206. The summed E-state index contributed by atoms with van der Waals surface area (Å²) in [5, 5.41) is 18.1. The largest absolute Gasteiger partial charge is 0.496 e. The third-order valence-corrected chi connectivity index (χ3v) is 3.73. The van der Waals surface area contributed by atoms with E-state index < -0.39 is 10.8 Å². The molecule has 0 fully saturated rings. The summed E-state index contributed by atoms with van der Waals surface area (Å²) >= 11 is 0. The molecule has 3 aromatic rings. The predicted molar refractivity (Wildman–Crippen MR) is 94.3 cm³/mol. The molecular formula is C17H14N4O5. The average Bonchev–Trinajstić information content (AvgIpc) is 2.64. The zero-order valence-electron chi connectivity index (χ0n) is 13.7. The highest BCUT2D eigenvalue weighted by Gasteiger charge is 2.18. The van der Waals surface area contributed by atoms with Gasteiger partial charge in [0.15, 0.2) is 0 Å². The van der Waals surface area contributed by atoms with Gasteiger partial charge in [0.05, 0.1) is 29.8 Å². The quantitative estimate of drug-likeness (QED) is 0.553. The van der Waals surface area contributed by atoms with Crippen molar-refractivity contribution in [1.29, 1.82) is 0 Å². The van der Waals surface area contributed by atoms with E-state index in [0.29, 0.717) is 16.7 Å². The molecule has 132 valence electrons. The van der Waals surface area contributed by atoms with Crippen molar-refractivity contribution in [1.82, 2.24) is 9.78 Å².